The number of nitrogen functional groups attached to an aromatic ring is 1. The van der Waals surface area contributed by atoms with Gasteiger partial charge in [-0.2, -0.15) is 0 Å². The molecule has 148 valence electrons. The van der Waals surface area contributed by atoms with Gasteiger partial charge in [0.05, 0.1) is 0 Å². The maximum Gasteiger partial charge on any atom is 0.123 e. The smallest absolute Gasteiger partial charge is 0.123 e. The van der Waals surface area contributed by atoms with Crippen LogP contribution in [-0.2, 0) is 13.0 Å². The summed E-state index contributed by atoms with van der Waals surface area (Å²) in [5, 5.41) is 11.4. The quantitative estimate of drug-likeness (QED) is 0.504. The number of aryl methyl sites for hydroxylation is 1. The summed E-state index contributed by atoms with van der Waals surface area (Å²) in [5.41, 5.74) is 9.39. The molecule has 7 heteroatoms. The number of aromatic nitrogens is 1. The van der Waals surface area contributed by atoms with Crippen molar-refractivity contribution in [1.29, 1.82) is 0 Å². The molecular weight excluding hydrogens is 381 g/mol. The van der Waals surface area contributed by atoms with Crippen molar-refractivity contribution in [3.05, 3.63) is 58.2 Å². The van der Waals surface area contributed by atoms with Crippen molar-refractivity contribution in [3.8, 4) is 0 Å². The van der Waals surface area contributed by atoms with Gasteiger partial charge in [0.25, 0.3) is 0 Å². The Morgan fingerprint density at radius 1 is 1.19 bits per heavy atom. The minimum absolute atomic E-state index is 0. The van der Waals surface area contributed by atoms with Crippen molar-refractivity contribution in [2.45, 2.75) is 25.9 Å². The lowest BCUT2D eigenvalue weighted by Crippen LogP contribution is -2.40. The van der Waals surface area contributed by atoms with E-state index in [9.17, 15) is 0 Å². The fraction of sp³-hybridized carbons (Fsp3) is 0.450. The van der Waals surface area contributed by atoms with E-state index in [0.717, 1.165) is 49.9 Å². The second-order valence-electron chi connectivity index (χ2n) is 7.05. The van der Waals surface area contributed by atoms with Gasteiger partial charge in [0, 0.05) is 42.9 Å². The average molecular weight is 410 g/mol. The van der Waals surface area contributed by atoms with Gasteiger partial charge in [-0.25, -0.2) is 4.98 Å². The van der Waals surface area contributed by atoms with Crippen molar-refractivity contribution in [2.75, 3.05) is 31.9 Å². The summed E-state index contributed by atoms with van der Waals surface area (Å²) in [6, 6.07) is 12.5. The van der Waals surface area contributed by atoms with Crippen LogP contribution in [0.4, 0.5) is 5.82 Å². The molecule has 1 aliphatic heterocycles. The minimum atomic E-state index is 0. The lowest BCUT2D eigenvalue weighted by Gasteiger charge is -2.20. The van der Waals surface area contributed by atoms with E-state index in [1.165, 1.54) is 11.1 Å². The number of pyridine rings is 1. The fourth-order valence-corrected chi connectivity index (χ4v) is 3.63. The molecule has 0 aliphatic carbocycles. The number of nitrogens with one attached hydrogen (secondary N) is 3. The number of halogens is 2. The van der Waals surface area contributed by atoms with Crippen molar-refractivity contribution < 1.29 is 0 Å². The zero-order chi connectivity index (χ0) is 18.4. The predicted octanol–water partition coefficient (Wildman–Crippen LogP) is 2.56. The van der Waals surface area contributed by atoms with E-state index < -0.39 is 0 Å². The maximum absolute atomic E-state index is 5.91. The second-order valence-corrected chi connectivity index (χ2v) is 7.48. The monoisotopic (exact) mass is 409 g/mol. The van der Waals surface area contributed by atoms with Gasteiger partial charge in [-0.1, -0.05) is 23.7 Å². The van der Waals surface area contributed by atoms with Gasteiger partial charge in [-0.15, -0.1) is 12.4 Å². The highest BCUT2D eigenvalue weighted by atomic mass is 35.5. The van der Waals surface area contributed by atoms with Crippen molar-refractivity contribution in [2.24, 2.45) is 5.92 Å². The Morgan fingerprint density at radius 2 is 1.96 bits per heavy atom. The number of nitrogens with zero attached hydrogens (tertiary/aromatic N) is 1. The molecule has 2 aromatic rings. The number of hydrogen-bond acceptors (Lipinski definition) is 5. The Balaban J connectivity index is 0.00000261. The molecular formula is C20H29Cl2N5. The van der Waals surface area contributed by atoms with Crippen LogP contribution >= 0.6 is 24.0 Å². The molecule has 0 radical (unpaired) electrons. The third-order valence-corrected chi connectivity index (χ3v) is 5.06. The van der Waals surface area contributed by atoms with E-state index in [1.807, 2.05) is 18.2 Å². The van der Waals surface area contributed by atoms with E-state index in [0.29, 0.717) is 17.8 Å². The summed E-state index contributed by atoms with van der Waals surface area (Å²) in [4.78, 5) is 4.48. The summed E-state index contributed by atoms with van der Waals surface area (Å²) in [7, 11) is 0. The Bertz CT molecular complexity index is 688. The Morgan fingerprint density at radius 3 is 2.70 bits per heavy atom. The highest BCUT2D eigenvalue weighted by molar-refractivity contribution is 6.30. The molecule has 0 spiro atoms. The van der Waals surface area contributed by atoms with Crippen molar-refractivity contribution in [1.82, 2.24) is 20.9 Å². The molecule has 3 rings (SSSR count). The molecule has 0 amide bonds. The van der Waals surface area contributed by atoms with Crippen LogP contribution in [0.5, 0.6) is 0 Å². The highest BCUT2D eigenvalue weighted by Crippen LogP contribution is 2.17. The molecule has 1 aromatic heterocycles. The Kier molecular flexibility index (Phi) is 8.80. The van der Waals surface area contributed by atoms with Crippen molar-refractivity contribution >= 4 is 29.8 Å². The summed E-state index contributed by atoms with van der Waals surface area (Å²) in [6.07, 6.45) is 0.953. The number of nitrogens with two attached hydrogens (primary N) is 1. The summed E-state index contributed by atoms with van der Waals surface area (Å²) in [6.45, 7) is 6.82. The van der Waals surface area contributed by atoms with Gasteiger partial charge >= 0.3 is 0 Å². The summed E-state index contributed by atoms with van der Waals surface area (Å²) < 4.78 is 0. The largest absolute Gasteiger partial charge is 0.384 e. The predicted molar refractivity (Wildman–Crippen MR) is 116 cm³/mol. The van der Waals surface area contributed by atoms with E-state index in [1.54, 1.807) is 0 Å². The molecule has 0 bridgehead atoms. The van der Waals surface area contributed by atoms with Crippen LogP contribution < -0.4 is 21.7 Å². The fourth-order valence-electron chi connectivity index (χ4n) is 3.51. The van der Waals surface area contributed by atoms with Gasteiger partial charge < -0.3 is 21.7 Å². The average Bonchev–Trinajstić information content (AvgIpc) is 3.02. The minimum Gasteiger partial charge on any atom is -0.384 e. The van der Waals surface area contributed by atoms with Gasteiger partial charge in [0.1, 0.15) is 5.82 Å². The van der Waals surface area contributed by atoms with E-state index in [4.69, 9.17) is 17.3 Å². The topological polar surface area (TPSA) is 75.0 Å². The second kappa shape index (κ2) is 10.8. The first-order valence-corrected chi connectivity index (χ1v) is 9.60. The molecule has 0 saturated carbocycles. The molecule has 1 saturated heterocycles. The molecule has 5 N–H and O–H groups in total. The molecule has 2 atom stereocenters. The molecule has 1 aliphatic rings. The Hall–Kier alpha value is -1.37. The first-order valence-electron chi connectivity index (χ1n) is 9.22. The highest BCUT2D eigenvalue weighted by Gasteiger charge is 2.26. The first-order chi connectivity index (χ1) is 12.6. The number of hydrogen-bond donors (Lipinski definition) is 4. The van der Waals surface area contributed by atoms with E-state index in [2.05, 4.69) is 46.1 Å². The molecule has 2 heterocycles. The third-order valence-electron chi connectivity index (χ3n) is 4.80. The van der Waals surface area contributed by atoms with Crippen LogP contribution in [0, 0.1) is 12.8 Å². The van der Waals surface area contributed by atoms with Gasteiger partial charge in [0.2, 0.25) is 0 Å². The molecule has 1 fully saturated rings. The summed E-state index contributed by atoms with van der Waals surface area (Å²) in [5.74, 6) is 1.15. The molecule has 0 unspecified atom stereocenters. The number of benzene rings is 1. The number of anilines is 1. The zero-order valence-electron chi connectivity index (χ0n) is 15.7. The first kappa shape index (κ1) is 21.9. The zero-order valence-corrected chi connectivity index (χ0v) is 17.2. The maximum atomic E-state index is 5.91. The lowest BCUT2D eigenvalue weighted by atomic mass is 9.97. The Labute approximate surface area is 172 Å². The molecule has 27 heavy (non-hydrogen) atoms. The van der Waals surface area contributed by atoms with Crippen LogP contribution in [0.25, 0.3) is 0 Å². The van der Waals surface area contributed by atoms with E-state index in [-0.39, 0.29) is 12.4 Å². The molecule has 5 nitrogen and oxygen atoms in total. The van der Waals surface area contributed by atoms with Crippen LogP contribution in [0.15, 0.2) is 36.4 Å². The van der Waals surface area contributed by atoms with Gasteiger partial charge in [-0.3, -0.25) is 0 Å². The van der Waals surface area contributed by atoms with Crippen LogP contribution in [-0.4, -0.2) is 37.2 Å². The lowest BCUT2D eigenvalue weighted by molar-refractivity contribution is 0.419. The standard InChI is InChI=1S/C20H28ClN5.ClH/c1-14-8-18(26-20(22)9-14)10-16-12-24-13-19(16)25-7-6-23-11-15-2-4-17(21)5-3-15;/h2-5,8-9,16,19,23-25H,6-7,10-13H2,1H3,(H2,22,26);1H/t16-,19+;/m0./s1. The van der Waals surface area contributed by atoms with Crippen LogP contribution in [0.1, 0.15) is 16.8 Å². The van der Waals surface area contributed by atoms with Crippen molar-refractivity contribution in [3.63, 3.8) is 0 Å². The number of rotatable bonds is 8. The van der Waals surface area contributed by atoms with Gasteiger partial charge in [0.15, 0.2) is 0 Å². The SMILES string of the molecule is Cc1cc(N)nc(C[C@H]2CNC[C@H]2NCCNCc2ccc(Cl)cc2)c1.Cl. The summed E-state index contributed by atoms with van der Waals surface area (Å²) >= 11 is 5.91. The third kappa shape index (κ3) is 6.94. The molecule has 1 aromatic carbocycles. The van der Waals surface area contributed by atoms with Gasteiger partial charge in [-0.05, 0) is 61.2 Å². The normalized spacial score (nSPS) is 19.0. The van der Waals surface area contributed by atoms with E-state index >= 15 is 0 Å². The van der Waals surface area contributed by atoms with Crippen LogP contribution in [0.3, 0.4) is 0 Å². The van der Waals surface area contributed by atoms with Crippen LogP contribution in [0.2, 0.25) is 5.02 Å².